The van der Waals surface area contributed by atoms with E-state index in [1.165, 1.54) is 12.4 Å². The Morgan fingerprint density at radius 2 is 2.15 bits per heavy atom. The van der Waals surface area contributed by atoms with E-state index in [9.17, 15) is 9.90 Å². The molecule has 0 bridgehead atoms. The van der Waals surface area contributed by atoms with Crippen molar-refractivity contribution in [3.05, 3.63) is 58.6 Å². The lowest BCUT2D eigenvalue weighted by Gasteiger charge is -2.17. The summed E-state index contributed by atoms with van der Waals surface area (Å²) in [7, 11) is 0. The Morgan fingerprint density at radius 1 is 1.35 bits per heavy atom. The van der Waals surface area contributed by atoms with Gasteiger partial charge < -0.3 is 10.4 Å². The number of carbonyl (C=O) groups is 1. The number of benzene rings is 1. The van der Waals surface area contributed by atoms with Crippen LogP contribution in [0, 0.1) is 0 Å². The molecule has 20 heavy (non-hydrogen) atoms. The van der Waals surface area contributed by atoms with Crippen molar-refractivity contribution in [2.75, 3.05) is 0 Å². The summed E-state index contributed by atoms with van der Waals surface area (Å²) in [4.78, 5) is 19.9. The normalized spacial score (nSPS) is 20.5. The molecule has 0 saturated heterocycles. The molecular weight excluding hydrogens is 278 g/mol. The zero-order valence-electron chi connectivity index (χ0n) is 10.5. The minimum absolute atomic E-state index is 0.133. The molecule has 2 aromatic rings. The van der Waals surface area contributed by atoms with Gasteiger partial charge in [-0.1, -0.05) is 35.9 Å². The first-order valence-corrected chi connectivity index (χ1v) is 6.57. The number of rotatable bonds is 2. The number of amides is 1. The van der Waals surface area contributed by atoms with Gasteiger partial charge in [0, 0.05) is 6.42 Å². The highest BCUT2D eigenvalue weighted by molar-refractivity contribution is 6.29. The molecular formula is C14H12ClN3O2. The van der Waals surface area contributed by atoms with Crippen molar-refractivity contribution in [2.45, 2.75) is 18.6 Å². The summed E-state index contributed by atoms with van der Waals surface area (Å²) in [5, 5.41) is 13.0. The summed E-state index contributed by atoms with van der Waals surface area (Å²) >= 11 is 5.71. The summed E-state index contributed by atoms with van der Waals surface area (Å²) in [6, 6.07) is 7.22. The van der Waals surface area contributed by atoms with Gasteiger partial charge in [0.1, 0.15) is 10.8 Å². The molecule has 2 N–H and O–H groups in total. The second-order valence-electron chi connectivity index (χ2n) is 4.65. The fourth-order valence-corrected chi connectivity index (χ4v) is 2.56. The number of fused-ring (bicyclic) bond motifs is 1. The predicted molar refractivity (Wildman–Crippen MR) is 73.4 cm³/mol. The highest BCUT2D eigenvalue weighted by Gasteiger charge is 2.32. The predicted octanol–water partition coefficient (Wildman–Crippen LogP) is 1.52. The molecule has 1 aliphatic rings. The lowest BCUT2D eigenvalue weighted by molar-refractivity contribution is 0.0853. The number of aliphatic hydroxyl groups excluding tert-OH is 1. The van der Waals surface area contributed by atoms with Crippen molar-refractivity contribution in [3.8, 4) is 0 Å². The molecule has 1 aromatic carbocycles. The van der Waals surface area contributed by atoms with Crippen LogP contribution in [0.25, 0.3) is 0 Å². The molecule has 1 heterocycles. The van der Waals surface area contributed by atoms with Crippen LogP contribution < -0.4 is 5.32 Å². The van der Waals surface area contributed by atoms with E-state index in [0.29, 0.717) is 6.42 Å². The molecule has 6 heteroatoms. The Labute approximate surface area is 120 Å². The van der Waals surface area contributed by atoms with Crippen molar-refractivity contribution < 1.29 is 9.90 Å². The molecule has 5 nitrogen and oxygen atoms in total. The summed E-state index contributed by atoms with van der Waals surface area (Å²) in [6.07, 6.45) is 2.60. The fraction of sp³-hybridized carbons (Fsp3) is 0.214. The van der Waals surface area contributed by atoms with Crippen molar-refractivity contribution >= 4 is 17.5 Å². The first-order chi connectivity index (χ1) is 9.65. The highest BCUT2D eigenvalue weighted by Crippen LogP contribution is 2.31. The van der Waals surface area contributed by atoms with E-state index in [0.717, 1.165) is 11.1 Å². The number of aromatic nitrogens is 2. The molecule has 0 unspecified atom stereocenters. The lowest BCUT2D eigenvalue weighted by atomic mass is 10.1. The Balaban J connectivity index is 1.83. The summed E-state index contributed by atoms with van der Waals surface area (Å²) in [6.45, 7) is 0. The fourth-order valence-electron chi connectivity index (χ4n) is 2.41. The summed E-state index contributed by atoms with van der Waals surface area (Å²) < 4.78 is 0. The maximum atomic E-state index is 12.1. The summed E-state index contributed by atoms with van der Waals surface area (Å²) in [5.74, 6) is -0.402. The van der Waals surface area contributed by atoms with Crippen molar-refractivity contribution in [1.29, 1.82) is 0 Å². The van der Waals surface area contributed by atoms with E-state index in [-0.39, 0.29) is 10.8 Å². The van der Waals surface area contributed by atoms with Crippen LogP contribution in [-0.2, 0) is 6.42 Å². The standard InChI is InChI=1S/C14H12ClN3O2/c15-12-7-16-6-10(17-12)14(20)18-13-9-4-2-1-3-8(9)5-11(13)19/h1-4,6-7,11,13,19H,5H2,(H,18,20)/t11-,13+/m0/s1. The van der Waals surface area contributed by atoms with Crippen molar-refractivity contribution in [3.63, 3.8) is 0 Å². The first-order valence-electron chi connectivity index (χ1n) is 6.19. The SMILES string of the molecule is O=C(N[C@@H]1c2ccccc2C[C@@H]1O)c1cncc(Cl)n1. The third-order valence-corrected chi connectivity index (χ3v) is 3.51. The highest BCUT2D eigenvalue weighted by atomic mass is 35.5. The van der Waals surface area contributed by atoms with E-state index in [1.807, 2.05) is 24.3 Å². The largest absolute Gasteiger partial charge is 0.390 e. The molecule has 1 aromatic heterocycles. The zero-order chi connectivity index (χ0) is 14.1. The molecule has 0 aliphatic heterocycles. The van der Waals surface area contributed by atoms with Crippen LogP contribution in [-0.4, -0.2) is 27.1 Å². The number of nitrogens with one attached hydrogen (secondary N) is 1. The minimum atomic E-state index is -0.636. The number of hydrogen-bond acceptors (Lipinski definition) is 4. The van der Waals surface area contributed by atoms with Crippen molar-refractivity contribution in [1.82, 2.24) is 15.3 Å². The van der Waals surface area contributed by atoms with Gasteiger partial charge in [-0.2, -0.15) is 0 Å². The Kier molecular flexibility index (Phi) is 3.38. The second kappa shape index (κ2) is 5.19. The first kappa shape index (κ1) is 13.0. The van der Waals surface area contributed by atoms with Gasteiger partial charge >= 0.3 is 0 Å². The van der Waals surface area contributed by atoms with Crippen LogP contribution in [0.2, 0.25) is 5.15 Å². The monoisotopic (exact) mass is 289 g/mol. The van der Waals surface area contributed by atoms with Gasteiger partial charge in [0.25, 0.3) is 5.91 Å². The quantitative estimate of drug-likeness (QED) is 0.879. The average molecular weight is 290 g/mol. The maximum Gasteiger partial charge on any atom is 0.272 e. The Hall–Kier alpha value is -1.98. The number of hydrogen-bond donors (Lipinski definition) is 2. The zero-order valence-corrected chi connectivity index (χ0v) is 11.2. The number of nitrogens with zero attached hydrogens (tertiary/aromatic N) is 2. The third kappa shape index (κ3) is 2.37. The molecule has 102 valence electrons. The molecule has 0 radical (unpaired) electrons. The van der Waals surface area contributed by atoms with E-state index >= 15 is 0 Å². The number of carbonyl (C=O) groups excluding carboxylic acids is 1. The van der Waals surface area contributed by atoms with Crippen LogP contribution in [0.15, 0.2) is 36.7 Å². The lowest BCUT2D eigenvalue weighted by Crippen LogP contribution is -2.34. The molecule has 0 saturated carbocycles. The molecule has 0 spiro atoms. The smallest absolute Gasteiger partial charge is 0.272 e. The topological polar surface area (TPSA) is 75.1 Å². The molecule has 1 amide bonds. The number of halogens is 1. The van der Waals surface area contributed by atoms with Crippen LogP contribution in [0.1, 0.15) is 27.7 Å². The van der Waals surface area contributed by atoms with E-state index < -0.39 is 18.1 Å². The van der Waals surface area contributed by atoms with Gasteiger partial charge in [-0.15, -0.1) is 0 Å². The van der Waals surface area contributed by atoms with E-state index in [1.54, 1.807) is 0 Å². The van der Waals surface area contributed by atoms with Crippen LogP contribution in [0.5, 0.6) is 0 Å². The average Bonchev–Trinajstić information content (AvgIpc) is 2.75. The maximum absolute atomic E-state index is 12.1. The van der Waals surface area contributed by atoms with E-state index in [4.69, 9.17) is 11.6 Å². The van der Waals surface area contributed by atoms with Crippen molar-refractivity contribution in [2.24, 2.45) is 0 Å². The molecule has 3 rings (SSSR count). The Bertz CT molecular complexity index is 662. The van der Waals surface area contributed by atoms with Gasteiger partial charge in [0.05, 0.1) is 24.5 Å². The van der Waals surface area contributed by atoms with Crippen LogP contribution >= 0.6 is 11.6 Å². The molecule has 0 fully saturated rings. The minimum Gasteiger partial charge on any atom is -0.390 e. The van der Waals surface area contributed by atoms with Crippen LogP contribution in [0.3, 0.4) is 0 Å². The number of aliphatic hydroxyl groups is 1. The molecule has 1 aliphatic carbocycles. The van der Waals surface area contributed by atoms with Crippen LogP contribution in [0.4, 0.5) is 0 Å². The van der Waals surface area contributed by atoms with Gasteiger partial charge in [-0.3, -0.25) is 9.78 Å². The van der Waals surface area contributed by atoms with Gasteiger partial charge in [-0.05, 0) is 11.1 Å². The molecule has 2 atom stereocenters. The van der Waals surface area contributed by atoms with Gasteiger partial charge in [-0.25, -0.2) is 4.98 Å². The van der Waals surface area contributed by atoms with Gasteiger partial charge in [0.2, 0.25) is 0 Å². The third-order valence-electron chi connectivity index (χ3n) is 3.33. The van der Waals surface area contributed by atoms with E-state index in [2.05, 4.69) is 15.3 Å². The second-order valence-corrected chi connectivity index (χ2v) is 5.04. The van der Waals surface area contributed by atoms with Gasteiger partial charge in [0.15, 0.2) is 0 Å². The summed E-state index contributed by atoms with van der Waals surface area (Å²) in [5.41, 5.74) is 2.11. The Morgan fingerprint density at radius 3 is 2.95 bits per heavy atom.